The largest absolute Gasteiger partial charge is 0.378 e. The molecule has 26 heavy (non-hydrogen) atoms. The molecule has 0 fully saturated rings. The minimum atomic E-state index is -1.41. The first kappa shape index (κ1) is 16.1. The van der Waals surface area contributed by atoms with E-state index in [9.17, 15) is 5.11 Å². The fraction of sp³-hybridized carbons (Fsp3) is 0.100. The molecule has 4 aromatic rings. The quantitative estimate of drug-likeness (QED) is 0.603. The predicted octanol–water partition coefficient (Wildman–Crippen LogP) is 2.59. The van der Waals surface area contributed by atoms with Gasteiger partial charge in [0.25, 0.3) is 0 Å². The van der Waals surface area contributed by atoms with Crippen molar-refractivity contribution in [2.24, 2.45) is 0 Å². The zero-order chi connectivity index (χ0) is 17.8. The minimum absolute atomic E-state index is 0.565. The van der Waals surface area contributed by atoms with Gasteiger partial charge in [0.05, 0.1) is 6.20 Å². The number of pyridine rings is 2. The second-order valence-corrected chi connectivity index (χ2v) is 5.95. The van der Waals surface area contributed by atoms with Gasteiger partial charge in [-0.1, -0.05) is 47.7 Å². The van der Waals surface area contributed by atoms with Crippen molar-refractivity contribution >= 4 is 0 Å². The van der Waals surface area contributed by atoms with E-state index < -0.39 is 11.6 Å². The van der Waals surface area contributed by atoms with Gasteiger partial charge in [-0.3, -0.25) is 9.97 Å². The molecule has 0 amide bonds. The Kier molecular flexibility index (Phi) is 4.25. The molecule has 6 nitrogen and oxygen atoms in total. The average molecular weight is 343 g/mol. The lowest BCUT2D eigenvalue weighted by Gasteiger charge is -2.37. The van der Waals surface area contributed by atoms with Gasteiger partial charge in [-0.15, -0.1) is 5.10 Å². The number of benzene rings is 1. The summed E-state index contributed by atoms with van der Waals surface area (Å²) in [7, 11) is 0. The van der Waals surface area contributed by atoms with Crippen LogP contribution in [-0.2, 0) is 5.60 Å². The van der Waals surface area contributed by atoms with E-state index in [0.717, 1.165) is 11.1 Å². The number of nitrogens with zero attached hydrogens (tertiary/aromatic N) is 5. The van der Waals surface area contributed by atoms with Crippen LogP contribution in [0.2, 0.25) is 0 Å². The first-order valence-corrected chi connectivity index (χ1v) is 8.24. The van der Waals surface area contributed by atoms with Crippen molar-refractivity contribution in [2.75, 3.05) is 0 Å². The highest BCUT2D eigenvalue weighted by Gasteiger charge is 2.43. The second-order valence-electron chi connectivity index (χ2n) is 5.95. The summed E-state index contributed by atoms with van der Waals surface area (Å²) in [5, 5.41) is 20.2. The maximum Gasteiger partial charge on any atom is 0.143 e. The molecule has 0 radical (unpaired) electrons. The number of rotatable bonds is 5. The molecule has 6 heteroatoms. The topological polar surface area (TPSA) is 76.7 Å². The Labute approximate surface area is 150 Å². The van der Waals surface area contributed by atoms with Gasteiger partial charge in [0, 0.05) is 36.5 Å². The van der Waals surface area contributed by atoms with Crippen LogP contribution < -0.4 is 0 Å². The molecule has 3 heterocycles. The Morgan fingerprint density at radius 3 is 2.15 bits per heavy atom. The lowest BCUT2D eigenvalue weighted by atomic mass is 9.78. The van der Waals surface area contributed by atoms with Gasteiger partial charge < -0.3 is 5.11 Å². The summed E-state index contributed by atoms with van der Waals surface area (Å²) in [5.74, 6) is 0. The molecule has 3 aromatic heterocycles. The molecule has 1 aromatic carbocycles. The molecule has 0 aliphatic rings. The van der Waals surface area contributed by atoms with Crippen LogP contribution in [0.4, 0.5) is 0 Å². The second kappa shape index (κ2) is 6.85. The van der Waals surface area contributed by atoms with Crippen LogP contribution in [0.1, 0.15) is 22.7 Å². The molecular weight excluding hydrogens is 326 g/mol. The van der Waals surface area contributed by atoms with Gasteiger partial charge >= 0.3 is 0 Å². The number of hydrogen-bond donors (Lipinski definition) is 1. The van der Waals surface area contributed by atoms with E-state index in [0.29, 0.717) is 5.56 Å². The number of aromatic nitrogens is 5. The van der Waals surface area contributed by atoms with Crippen molar-refractivity contribution < 1.29 is 5.11 Å². The van der Waals surface area contributed by atoms with Crippen molar-refractivity contribution in [1.29, 1.82) is 0 Å². The molecule has 0 saturated heterocycles. The van der Waals surface area contributed by atoms with Crippen molar-refractivity contribution in [3.05, 3.63) is 108 Å². The van der Waals surface area contributed by atoms with Gasteiger partial charge in [-0.25, -0.2) is 4.68 Å². The van der Waals surface area contributed by atoms with E-state index in [2.05, 4.69) is 20.3 Å². The van der Waals surface area contributed by atoms with E-state index in [1.54, 1.807) is 41.9 Å². The van der Waals surface area contributed by atoms with Gasteiger partial charge in [0.2, 0.25) is 0 Å². The number of hydrogen-bond acceptors (Lipinski definition) is 5. The summed E-state index contributed by atoms with van der Waals surface area (Å²) >= 11 is 0. The SMILES string of the molecule is OC(c1ccccc1)(c1cccnc1)C(c1cccnc1)n1ccnn1. The van der Waals surface area contributed by atoms with Crippen molar-refractivity contribution in [3.63, 3.8) is 0 Å². The number of aliphatic hydroxyl groups is 1. The van der Waals surface area contributed by atoms with Crippen molar-refractivity contribution in [3.8, 4) is 0 Å². The Morgan fingerprint density at radius 1 is 0.808 bits per heavy atom. The van der Waals surface area contributed by atoms with Gasteiger partial charge in [0.1, 0.15) is 11.6 Å². The summed E-state index contributed by atoms with van der Waals surface area (Å²) in [6.45, 7) is 0. The Hall–Kier alpha value is -3.38. The zero-order valence-electron chi connectivity index (χ0n) is 13.9. The summed E-state index contributed by atoms with van der Waals surface area (Å²) in [5.41, 5.74) is 0.799. The van der Waals surface area contributed by atoms with Crippen LogP contribution >= 0.6 is 0 Å². The first-order chi connectivity index (χ1) is 12.8. The molecule has 0 bridgehead atoms. The first-order valence-electron chi connectivity index (χ1n) is 8.24. The Balaban J connectivity index is 2.00. The third-order valence-electron chi connectivity index (χ3n) is 4.42. The third kappa shape index (κ3) is 2.76. The maximum atomic E-state index is 12.1. The predicted molar refractivity (Wildman–Crippen MR) is 96.1 cm³/mol. The molecule has 4 rings (SSSR count). The lowest BCUT2D eigenvalue weighted by Crippen LogP contribution is -2.39. The van der Waals surface area contributed by atoms with E-state index >= 15 is 0 Å². The standard InChI is InChI=1S/C20H17N5O/c26-20(17-7-2-1-3-8-17,18-9-5-11-22-15-18)19(25-13-12-23-24-25)16-6-4-10-21-14-16/h1-15,19,26H. The van der Waals surface area contributed by atoms with Crippen LogP contribution in [-0.4, -0.2) is 30.1 Å². The Bertz CT molecular complexity index is 904. The van der Waals surface area contributed by atoms with E-state index in [1.165, 1.54) is 0 Å². The molecular formula is C20H17N5O. The summed E-state index contributed by atoms with van der Waals surface area (Å²) in [4.78, 5) is 8.44. The van der Waals surface area contributed by atoms with Gasteiger partial charge in [-0.05, 0) is 23.3 Å². The third-order valence-corrected chi connectivity index (χ3v) is 4.42. The normalized spacial score (nSPS) is 14.5. The zero-order valence-corrected chi connectivity index (χ0v) is 13.9. The summed E-state index contributed by atoms with van der Waals surface area (Å²) < 4.78 is 1.65. The van der Waals surface area contributed by atoms with Crippen LogP contribution in [0.3, 0.4) is 0 Å². The molecule has 0 saturated carbocycles. The van der Waals surface area contributed by atoms with Crippen molar-refractivity contribution in [2.45, 2.75) is 11.6 Å². The summed E-state index contributed by atoms with van der Waals surface area (Å²) in [6.07, 6.45) is 10.1. The molecule has 2 unspecified atom stereocenters. The van der Waals surface area contributed by atoms with E-state index in [4.69, 9.17) is 0 Å². The highest BCUT2D eigenvalue weighted by Crippen LogP contribution is 2.42. The minimum Gasteiger partial charge on any atom is -0.378 e. The maximum absolute atomic E-state index is 12.1. The van der Waals surface area contributed by atoms with Gasteiger partial charge in [0.15, 0.2) is 0 Å². The smallest absolute Gasteiger partial charge is 0.143 e. The lowest BCUT2D eigenvalue weighted by molar-refractivity contribution is 0.0325. The molecule has 2 atom stereocenters. The van der Waals surface area contributed by atoms with Crippen LogP contribution in [0.15, 0.2) is 91.8 Å². The molecule has 0 aliphatic carbocycles. The molecule has 0 aliphatic heterocycles. The van der Waals surface area contributed by atoms with Crippen LogP contribution in [0.5, 0.6) is 0 Å². The Morgan fingerprint density at radius 2 is 1.54 bits per heavy atom. The highest BCUT2D eigenvalue weighted by molar-refractivity contribution is 5.40. The molecule has 128 valence electrons. The fourth-order valence-corrected chi connectivity index (χ4v) is 3.24. The van der Waals surface area contributed by atoms with Crippen LogP contribution in [0, 0.1) is 0 Å². The highest BCUT2D eigenvalue weighted by atomic mass is 16.3. The van der Waals surface area contributed by atoms with E-state index in [-0.39, 0.29) is 0 Å². The van der Waals surface area contributed by atoms with Crippen molar-refractivity contribution in [1.82, 2.24) is 25.0 Å². The average Bonchev–Trinajstić information content (AvgIpc) is 3.24. The molecule has 1 N–H and O–H groups in total. The fourth-order valence-electron chi connectivity index (χ4n) is 3.24. The van der Waals surface area contributed by atoms with Crippen LogP contribution in [0.25, 0.3) is 0 Å². The molecule has 0 spiro atoms. The monoisotopic (exact) mass is 343 g/mol. The van der Waals surface area contributed by atoms with E-state index in [1.807, 2.05) is 54.6 Å². The summed E-state index contributed by atoms with van der Waals surface area (Å²) in [6, 6.07) is 16.4. The van der Waals surface area contributed by atoms with Gasteiger partial charge in [-0.2, -0.15) is 0 Å².